The molecule has 2 N–H and O–H groups in total. The topological polar surface area (TPSA) is 43.1 Å². The number of hydrogen-bond acceptors (Lipinski definition) is 1. The smallest absolute Gasteiger partial charge is 0.217 e. The lowest BCUT2D eigenvalue weighted by Gasteiger charge is -2.08. The molecule has 1 amide bonds. The van der Waals surface area contributed by atoms with E-state index in [0.717, 1.165) is 44.9 Å². The van der Waals surface area contributed by atoms with Gasteiger partial charge < -0.3 is 5.73 Å². The van der Waals surface area contributed by atoms with Crippen molar-refractivity contribution in [1.82, 2.24) is 0 Å². The Balaban J connectivity index is 3.50. The van der Waals surface area contributed by atoms with Crippen LogP contribution in [0, 0.1) is 5.92 Å². The molecule has 0 saturated heterocycles. The first-order chi connectivity index (χ1) is 11.2. The summed E-state index contributed by atoms with van der Waals surface area (Å²) < 4.78 is 0. The number of primary amides is 1. The Morgan fingerprint density at radius 1 is 0.870 bits per heavy atom. The van der Waals surface area contributed by atoms with Crippen molar-refractivity contribution in [2.24, 2.45) is 11.7 Å². The van der Waals surface area contributed by atoms with E-state index in [9.17, 15) is 4.79 Å². The summed E-state index contributed by atoms with van der Waals surface area (Å²) in [5.74, 6) is 0.484. The maximum atomic E-state index is 10.7. The molecule has 1 unspecified atom stereocenters. The molecule has 0 heterocycles. The Morgan fingerprint density at radius 3 is 1.91 bits per heavy atom. The molecule has 0 aromatic heterocycles. The lowest BCUT2D eigenvalue weighted by molar-refractivity contribution is -0.118. The van der Waals surface area contributed by atoms with Crippen molar-refractivity contribution < 1.29 is 4.79 Å². The standard InChI is InChI=1S/C21H35NO/c1-3-4-5-6-7-8-9-10-11-12-13-14-15-17-20(2)18-16-19-21(22)23/h4-5,7-8,10-11,13-14,20H,3,6,9,12,15-19H2,1-2H3,(H2,22,23). The fourth-order valence-electron chi connectivity index (χ4n) is 2.25. The number of carbonyl (C=O) groups is 1. The minimum absolute atomic E-state index is 0.184. The summed E-state index contributed by atoms with van der Waals surface area (Å²) in [7, 11) is 0. The molecule has 0 fully saturated rings. The van der Waals surface area contributed by atoms with Crippen LogP contribution in [-0.2, 0) is 4.79 Å². The molecule has 0 aromatic carbocycles. The summed E-state index contributed by atoms with van der Waals surface area (Å²) in [6.07, 6.45) is 26.8. The lowest BCUT2D eigenvalue weighted by atomic mass is 9.98. The second-order valence-electron chi connectivity index (χ2n) is 6.04. The molecule has 23 heavy (non-hydrogen) atoms. The number of nitrogens with two attached hydrogens (primary N) is 1. The second kappa shape index (κ2) is 16.8. The van der Waals surface area contributed by atoms with Gasteiger partial charge in [-0.05, 0) is 50.9 Å². The Labute approximate surface area is 143 Å². The molecule has 2 heteroatoms. The Morgan fingerprint density at radius 2 is 1.39 bits per heavy atom. The SMILES string of the molecule is CCC=CCC=CCC=CCC=CCCC(C)CCCC(N)=O. The van der Waals surface area contributed by atoms with Crippen molar-refractivity contribution in [3.63, 3.8) is 0 Å². The monoisotopic (exact) mass is 317 g/mol. The molecule has 0 rings (SSSR count). The first-order valence-electron chi connectivity index (χ1n) is 9.05. The fraction of sp³-hybridized carbons (Fsp3) is 0.571. The molecule has 0 bridgehead atoms. The van der Waals surface area contributed by atoms with Crippen molar-refractivity contribution in [2.75, 3.05) is 0 Å². The zero-order valence-electron chi connectivity index (χ0n) is 15.0. The van der Waals surface area contributed by atoms with Gasteiger partial charge in [-0.3, -0.25) is 4.79 Å². The van der Waals surface area contributed by atoms with Gasteiger partial charge in [0.2, 0.25) is 5.91 Å². The van der Waals surface area contributed by atoms with Crippen molar-refractivity contribution in [2.45, 2.75) is 71.6 Å². The van der Waals surface area contributed by atoms with Gasteiger partial charge in [-0.2, -0.15) is 0 Å². The van der Waals surface area contributed by atoms with E-state index in [-0.39, 0.29) is 5.91 Å². The van der Waals surface area contributed by atoms with Gasteiger partial charge in [0.1, 0.15) is 0 Å². The number of hydrogen-bond donors (Lipinski definition) is 1. The number of amides is 1. The van der Waals surface area contributed by atoms with Crippen LogP contribution < -0.4 is 5.73 Å². The second-order valence-corrected chi connectivity index (χ2v) is 6.04. The van der Waals surface area contributed by atoms with Gasteiger partial charge in [-0.15, -0.1) is 0 Å². The van der Waals surface area contributed by atoms with Gasteiger partial charge in [-0.25, -0.2) is 0 Å². The normalized spacial score (nSPS) is 13.8. The van der Waals surface area contributed by atoms with E-state index in [2.05, 4.69) is 62.5 Å². The minimum Gasteiger partial charge on any atom is -0.370 e. The van der Waals surface area contributed by atoms with E-state index in [0.29, 0.717) is 12.3 Å². The van der Waals surface area contributed by atoms with Crippen LogP contribution in [0.2, 0.25) is 0 Å². The predicted octanol–water partition coefficient (Wildman–Crippen LogP) is 5.86. The van der Waals surface area contributed by atoms with E-state index in [1.165, 1.54) is 6.42 Å². The molecule has 2 nitrogen and oxygen atoms in total. The van der Waals surface area contributed by atoms with Gasteiger partial charge in [0.25, 0.3) is 0 Å². The summed E-state index contributed by atoms with van der Waals surface area (Å²) in [4.78, 5) is 10.7. The largest absolute Gasteiger partial charge is 0.370 e. The summed E-state index contributed by atoms with van der Waals surface area (Å²) in [5, 5.41) is 0. The number of carbonyl (C=O) groups excluding carboxylic acids is 1. The van der Waals surface area contributed by atoms with Crippen molar-refractivity contribution in [1.29, 1.82) is 0 Å². The molecule has 0 aromatic rings. The van der Waals surface area contributed by atoms with Crippen LogP contribution in [0.25, 0.3) is 0 Å². The highest BCUT2D eigenvalue weighted by Gasteiger charge is 2.02. The highest BCUT2D eigenvalue weighted by atomic mass is 16.1. The van der Waals surface area contributed by atoms with Crippen molar-refractivity contribution in [3.8, 4) is 0 Å². The molecule has 0 aliphatic carbocycles. The summed E-state index contributed by atoms with van der Waals surface area (Å²) in [5.41, 5.74) is 5.14. The predicted molar refractivity (Wildman–Crippen MR) is 102 cm³/mol. The van der Waals surface area contributed by atoms with Gasteiger partial charge in [0, 0.05) is 6.42 Å². The third-order valence-electron chi connectivity index (χ3n) is 3.67. The zero-order valence-corrected chi connectivity index (χ0v) is 15.0. The van der Waals surface area contributed by atoms with Crippen LogP contribution in [-0.4, -0.2) is 5.91 Å². The van der Waals surface area contributed by atoms with E-state index in [4.69, 9.17) is 5.73 Å². The molecule has 130 valence electrons. The first kappa shape index (κ1) is 21.4. The Kier molecular flexibility index (Phi) is 15.6. The van der Waals surface area contributed by atoms with Crippen LogP contribution in [0.15, 0.2) is 48.6 Å². The third-order valence-corrected chi connectivity index (χ3v) is 3.67. The zero-order chi connectivity index (χ0) is 17.2. The van der Waals surface area contributed by atoms with Crippen molar-refractivity contribution in [3.05, 3.63) is 48.6 Å². The maximum Gasteiger partial charge on any atom is 0.217 e. The quantitative estimate of drug-likeness (QED) is 0.400. The molecule has 0 radical (unpaired) electrons. The van der Waals surface area contributed by atoms with Crippen LogP contribution in [0.3, 0.4) is 0 Å². The lowest BCUT2D eigenvalue weighted by Crippen LogP contribution is -2.10. The van der Waals surface area contributed by atoms with E-state index in [1.807, 2.05) is 0 Å². The average molecular weight is 318 g/mol. The molecule has 0 aliphatic rings. The molecular weight excluding hydrogens is 282 g/mol. The van der Waals surface area contributed by atoms with Gasteiger partial charge in [0.05, 0.1) is 0 Å². The summed E-state index contributed by atoms with van der Waals surface area (Å²) in [6.45, 7) is 4.40. The van der Waals surface area contributed by atoms with Crippen LogP contribution in [0.5, 0.6) is 0 Å². The fourth-order valence-corrected chi connectivity index (χ4v) is 2.25. The van der Waals surface area contributed by atoms with E-state index in [1.54, 1.807) is 0 Å². The van der Waals surface area contributed by atoms with E-state index < -0.39 is 0 Å². The number of rotatable bonds is 14. The van der Waals surface area contributed by atoms with Gasteiger partial charge >= 0.3 is 0 Å². The molecular formula is C21H35NO. The first-order valence-corrected chi connectivity index (χ1v) is 9.05. The highest BCUT2D eigenvalue weighted by Crippen LogP contribution is 2.14. The summed E-state index contributed by atoms with van der Waals surface area (Å²) in [6, 6.07) is 0. The van der Waals surface area contributed by atoms with Gasteiger partial charge in [0.15, 0.2) is 0 Å². The Bertz CT molecular complexity index is 391. The summed E-state index contributed by atoms with van der Waals surface area (Å²) >= 11 is 0. The minimum atomic E-state index is -0.184. The molecule has 0 spiro atoms. The molecule has 1 atom stereocenters. The maximum absolute atomic E-state index is 10.7. The number of allylic oxidation sites excluding steroid dienone is 8. The van der Waals surface area contributed by atoms with E-state index >= 15 is 0 Å². The average Bonchev–Trinajstić information content (AvgIpc) is 2.51. The van der Waals surface area contributed by atoms with Crippen molar-refractivity contribution >= 4 is 5.91 Å². The Hall–Kier alpha value is -1.57. The van der Waals surface area contributed by atoms with Crippen LogP contribution in [0.4, 0.5) is 0 Å². The molecule has 0 saturated carbocycles. The highest BCUT2D eigenvalue weighted by molar-refractivity contribution is 5.73. The molecule has 0 aliphatic heterocycles. The van der Waals surface area contributed by atoms with Gasteiger partial charge in [-0.1, -0.05) is 68.9 Å². The third kappa shape index (κ3) is 18.4. The van der Waals surface area contributed by atoms with Crippen LogP contribution in [0.1, 0.15) is 71.6 Å². The van der Waals surface area contributed by atoms with Crippen LogP contribution >= 0.6 is 0 Å².